The Labute approximate surface area is 129 Å². The van der Waals surface area contributed by atoms with E-state index in [4.69, 9.17) is 20.8 Å². The van der Waals surface area contributed by atoms with Crippen molar-refractivity contribution in [2.75, 3.05) is 18.5 Å². The number of halogens is 1. The monoisotopic (exact) mass is 329 g/mol. The first kappa shape index (κ1) is 15.7. The van der Waals surface area contributed by atoms with E-state index in [0.29, 0.717) is 23.0 Å². The Bertz CT molecular complexity index is 722. The smallest absolute Gasteiger partial charge is 0.267 e. The van der Waals surface area contributed by atoms with E-state index in [9.17, 15) is 8.42 Å². The molecule has 114 valence electrons. The van der Waals surface area contributed by atoms with E-state index in [1.807, 2.05) is 0 Å². The Kier molecular flexibility index (Phi) is 4.49. The molecule has 0 fully saturated rings. The highest BCUT2D eigenvalue weighted by molar-refractivity contribution is 7.92. The predicted octanol–water partition coefficient (Wildman–Crippen LogP) is 3.16. The van der Waals surface area contributed by atoms with Crippen molar-refractivity contribution in [1.29, 1.82) is 0 Å². The van der Waals surface area contributed by atoms with Crippen molar-refractivity contribution in [2.24, 2.45) is 0 Å². The molecule has 0 bridgehead atoms. The molecule has 1 aromatic carbocycles. The van der Waals surface area contributed by atoms with Crippen LogP contribution >= 0.6 is 11.6 Å². The third-order valence-electron chi connectivity index (χ3n) is 3.13. The van der Waals surface area contributed by atoms with Crippen molar-refractivity contribution < 1.29 is 17.6 Å². The SMILES string of the molecule is COc1ccc(N(C)S(=O)(=O)c2cc(CCl)oc2C)cc1. The highest BCUT2D eigenvalue weighted by Crippen LogP contribution is 2.28. The van der Waals surface area contributed by atoms with Gasteiger partial charge in [0, 0.05) is 13.1 Å². The molecule has 0 amide bonds. The molecule has 0 radical (unpaired) electrons. The van der Waals surface area contributed by atoms with Crippen LogP contribution in [0, 0.1) is 6.92 Å². The minimum atomic E-state index is -3.69. The second-order valence-corrected chi connectivity index (χ2v) is 6.64. The van der Waals surface area contributed by atoms with Gasteiger partial charge in [-0.15, -0.1) is 11.6 Å². The first-order valence-corrected chi connectivity index (χ1v) is 8.16. The summed E-state index contributed by atoms with van der Waals surface area (Å²) in [6, 6.07) is 8.21. The fourth-order valence-electron chi connectivity index (χ4n) is 1.92. The summed E-state index contributed by atoms with van der Waals surface area (Å²) < 4.78 is 36.8. The number of methoxy groups -OCH3 is 1. The molecule has 0 aliphatic rings. The van der Waals surface area contributed by atoms with Gasteiger partial charge in [-0.05, 0) is 31.2 Å². The van der Waals surface area contributed by atoms with Gasteiger partial charge in [0.2, 0.25) is 0 Å². The van der Waals surface area contributed by atoms with Crippen LogP contribution in [-0.4, -0.2) is 22.6 Å². The molecule has 2 rings (SSSR count). The van der Waals surface area contributed by atoms with E-state index in [0.717, 1.165) is 0 Å². The predicted molar refractivity (Wildman–Crippen MR) is 81.6 cm³/mol. The molecule has 21 heavy (non-hydrogen) atoms. The summed E-state index contributed by atoms with van der Waals surface area (Å²) in [7, 11) is -0.648. The maximum atomic E-state index is 12.6. The number of nitrogens with zero attached hydrogens (tertiary/aromatic N) is 1. The molecular weight excluding hydrogens is 314 g/mol. The van der Waals surface area contributed by atoms with Gasteiger partial charge in [0.05, 0.1) is 18.7 Å². The number of hydrogen-bond acceptors (Lipinski definition) is 4. The molecule has 0 atom stereocenters. The average molecular weight is 330 g/mol. The second-order valence-electron chi connectivity index (χ2n) is 4.44. The number of ether oxygens (including phenoxy) is 1. The molecular formula is C14H16ClNO4S. The third kappa shape index (κ3) is 3.01. The van der Waals surface area contributed by atoms with Gasteiger partial charge in [-0.2, -0.15) is 0 Å². The molecule has 0 N–H and O–H groups in total. The number of furan rings is 1. The van der Waals surface area contributed by atoms with Gasteiger partial charge >= 0.3 is 0 Å². The van der Waals surface area contributed by atoms with Gasteiger partial charge in [0.1, 0.15) is 22.2 Å². The molecule has 0 aliphatic carbocycles. The van der Waals surface area contributed by atoms with E-state index in [-0.39, 0.29) is 10.8 Å². The van der Waals surface area contributed by atoms with Gasteiger partial charge in [-0.3, -0.25) is 4.31 Å². The number of rotatable bonds is 5. The van der Waals surface area contributed by atoms with Crippen LogP contribution in [0.3, 0.4) is 0 Å². The fourth-order valence-corrected chi connectivity index (χ4v) is 3.44. The van der Waals surface area contributed by atoms with Crippen LogP contribution in [0.25, 0.3) is 0 Å². The van der Waals surface area contributed by atoms with Crippen LogP contribution in [0.2, 0.25) is 0 Å². The van der Waals surface area contributed by atoms with Gasteiger partial charge < -0.3 is 9.15 Å². The number of anilines is 1. The summed E-state index contributed by atoms with van der Waals surface area (Å²) in [5.74, 6) is 1.54. The average Bonchev–Trinajstić information content (AvgIpc) is 2.88. The standard InChI is InChI=1S/C14H16ClNO4S/c1-10-14(8-13(9-15)20-10)21(17,18)16(2)11-4-6-12(19-3)7-5-11/h4-8H,9H2,1-3H3. The minimum Gasteiger partial charge on any atom is -0.497 e. The summed E-state index contributed by atoms with van der Waals surface area (Å²) in [5, 5.41) is 0. The van der Waals surface area contributed by atoms with E-state index < -0.39 is 10.0 Å². The van der Waals surface area contributed by atoms with Crippen molar-refractivity contribution in [3.8, 4) is 5.75 Å². The maximum Gasteiger partial charge on any atom is 0.267 e. The molecule has 0 saturated heterocycles. The highest BCUT2D eigenvalue weighted by Gasteiger charge is 2.26. The zero-order valence-corrected chi connectivity index (χ0v) is 13.5. The van der Waals surface area contributed by atoms with Crippen molar-refractivity contribution >= 4 is 27.3 Å². The zero-order chi connectivity index (χ0) is 15.6. The molecule has 1 aromatic heterocycles. The summed E-state index contributed by atoms with van der Waals surface area (Å²) in [6.07, 6.45) is 0. The van der Waals surface area contributed by atoms with Crippen LogP contribution in [0.1, 0.15) is 11.5 Å². The Balaban J connectivity index is 2.39. The summed E-state index contributed by atoms with van der Waals surface area (Å²) in [4.78, 5) is 0.122. The van der Waals surface area contributed by atoms with Crippen LogP contribution < -0.4 is 9.04 Å². The first-order valence-electron chi connectivity index (χ1n) is 6.18. The lowest BCUT2D eigenvalue weighted by atomic mass is 10.3. The molecule has 5 nitrogen and oxygen atoms in total. The molecule has 2 aromatic rings. The van der Waals surface area contributed by atoms with Crippen molar-refractivity contribution in [2.45, 2.75) is 17.7 Å². The van der Waals surface area contributed by atoms with E-state index in [1.54, 1.807) is 38.3 Å². The number of alkyl halides is 1. The Hall–Kier alpha value is -1.66. The van der Waals surface area contributed by atoms with Crippen molar-refractivity contribution in [3.63, 3.8) is 0 Å². The van der Waals surface area contributed by atoms with Gasteiger partial charge in [-0.1, -0.05) is 0 Å². The number of benzene rings is 1. The number of hydrogen-bond donors (Lipinski definition) is 0. The van der Waals surface area contributed by atoms with E-state index in [1.165, 1.54) is 17.4 Å². The summed E-state index contributed by atoms with van der Waals surface area (Å²) in [5.41, 5.74) is 0.531. The molecule has 0 aliphatic heterocycles. The lowest BCUT2D eigenvalue weighted by Crippen LogP contribution is -2.26. The van der Waals surface area contributed by atoms with Crippen LogP contribution in [0.15, 0.2) is 39.6 Å². The van der Waals surface area contributed by atoms with Gasteiger partial charge in [0.15, 0.2) is 0 Å². The maximum absolute atomic E-state index is 12.6. The molecule has 1 heterocycles. The van der Waals surface area contributed by atoms with Gasteiger partial charge in [-0.25, -0.2) is 8.42 Å². The molecule has 0 unspecified atom stereocenters. The largest absolute Gasteiger partial charge is 0.497 e. The molecule has 0 spiro atoms. The molecule has 0 saturated carbocycles. The fraction of sp³-hybridized carbons (Fsp3) is 0.286. The normalized spacial score (nSPS) is 11.4. The first-order chi connectivity index (χ1) is 9.90. The summed E-state index contributed by atoms with van der Waals surface area (Å²) >= 11 is 5.68. The third-order valence-corrected chi connectivity index (χ3v) is 5.29. The quantitative estimate of drug-likeness (QED) is 0.791. The lowest BCUT2D eigenvalue weighted by molar-refractivity contribution is 0.415. The Morgan fingerprint density at radius 1 is 1.29 bits per heavy atom. The lowest BCUT2D eigenvalue weighted by Gasteiger charge is -2.19. The van der Waals surface area contributed by atoms with Crippen LogP contribution in [0.4, 0.5) is 5.69 Å². The number of sulfonamides is 1. The topological polar surface area (TPSA) is 59.8 Å². The Morgan fingerprint density at radius 3 is 2.38 bits per heavy atom. The summed E-state index contributed by atoms with van der Waals surface area (Å²) in [6.45, 7) is 1.60. The molecule has 7 heteroatoms. The Morgan fingerprint density at radius 2 is 1.90 bits per heavy atom. The van der Waals surface area contributed by atoms with E-state index in [2.05, 4.69) is 0 Å². The van der Waals surface area contributed by atoms with Crippen molar-refractivity contribution in [1.82, 2.24) is 0 Å². The van der Waals surface area contributed by atoms with Crippen molar-refractivity contribution in [3.05, 3.63) is 41.9 Å². The van der Waals surface area contributed by atoms with Crippen LogP contribution in [0.5, 0.6) is 5.75 Å². The second kappa shape index (κ2) is 5.99. The highest BCUT2D eigenvalue weighted by atomic mass is 35.5. The van der Waals surface area contributed by atoms with E-state index >= 15 is 0 Å². The minimum absolute atomic E-state index is 0.122. The number of aryl methyl sites for hydroxylation is 1. The zero-order valence-electron chi connectivity index (χ0n) is 12.0. The van der Waals surface area contributed by atoms with Crippen LogP contribution in [-0.2, 0) is 15.9 Å². The van der Waals surface area contributed by atoms with Gasteiger partial charge in [0.25, 0.3) is 10.0 Å².